The zero-order valence-corrected chi connectivity index (χ0v) is 18.7. The number of methoxy groups -OCH3 is 1. The molecule has 0 radical (unpaired) electrons. The minimum atomic E-state index is -1.41. The maximum absolute atomic E-state index is 12.9. The summed E-state index contributed by atoms with van der Waals surface area (Å²) in [5, 5.41) is 5.02. The molecule has 0 bridgehead atoms. The molecular formula is C26H27N3O4. The van der Waals surface area contributed by atoms with Crippen LogP contribution in [-0.2, 0) is 19.9 Å². The average molecular weight is 446 g/mol. The zero-order chi connectivity index (χ0) is 23.8. The van der Waals surface area contributed by atoms with E-state index in [4.69, 9.17) is 4.74 Å². The van der Waals surface area contributed by atoms with Crippen LogP contribution in [0.15, 0.2) is 90.7 Å². The van der Waals surface area contributed by atoms with E-state index >= 15 is 0 Å². The lowest BCUT2D eigenvalue weighted by Crippen LogP contribution is -2.52. The number of imide groups is 1. The van der Waals surface area contributed by atoms with Gasteiger partial charge in [0.25, 0.3) is 5.91 Å². The van der Waals surface area contributed by atoms with Crippen molar-refractivity contribution in [1.29, 1.82) is 0 Å². The average Bonchev–Trinajstić information content (AvgIpc) is 3.12. The lowest BCUT2D eigenvalue weighted by molar-refractivity contribution is -0.126. The molecule has 2 aromatic rings. The van der Waals surface area contributed by atoms with Crippen molar-refractivity contribution in [1.82, 2.24) is 15.5 Å². The molecule has 3 rings (SSSR count). The van der Waals surface area contributed by atoms with E-state index in [1.165, 1.54) is 4.90 Å². The Morgan fingerprint density at radius 3 is 2.30 bits per heavy atom. The molecular weight excluding hydrogens is 418 g/mol. The third kappa shape index (κ3) is 5.38. The van der Waals surface area contributed by atoms with Crippen molar-refractivity contribution in [2.75, 3.05) is 20.2 Å². The number of rotatable bonds is 10. The summed E-state index contributed by atoms with van der Waals surface area (Å²) >= 11 is 0. The summed E-state index contributed by atoms with van der Waals surface area (Å²) < 4.78 is 5.26. The zero-order valence-electron chi connectivity index (χ0n) is 18.7. The Morgan fingerprint density at radius 2 is 1.76 bits per heavy atom. The molecule has 1 heterocycles. The molecule has 4 amide bonds. The molecule has 1 aliphatic rings. The van der Waals surface area contributed by atoms with Crippen LogP contribution in [0.1, 0.15) is 12.5 Å². The van der Waals surface area contributed by atoms with E-state index in [2.05, 4.69) is 17.2 Å². The molecule has 0 aromatic heterocycles. The summed E-state index contributed by atoms with van der Waals surface area (Å²) in [6.07, 6.45) is 5.95. The van der Waals surface area contributed by atoms with Gasteiger partial charge in [-0.05, 0) is 41.3 Å². The third-order valence-corrected chi connectivity index (χ3v) is 5.33. The predicted molar refractivity (Wildman–Crippen MR) is 127 cm³/mol. The standard InChI is InChI=1S/C26H27N3O4/c1-4-8-23(33-3)15-19(2)16-29(18-30)17-26(24(31)27-25(32)28-26)22-13-11-21(12-14-22)20-9-6-5-7-10-20/h4-15,18H,2,16-17H2,1,3H3,(H2,27,28,31,32)/b8-4-,23-15+. The molecule has 7 heteroatoms. The number of benzene rings is 2. The van der Waals surface area contributed by atoms with Gasteiger partial charge in [-0.25, -0.2) is 4.79 Å². The Morgan fingerprint density at radius 1 is 1.09 bits per heavy atom. The maximum atomic E-state index is 12.9. The Hall–Kier alpha value is -4.13. The lowest BCUT2D eigenvalue weighted by atomic mass is 9.88. The number of urea groups is 1. The second kappa shape index (κ2) is 10.5. The normalized spacial score (nSPS) is 18.1. The van der Waals surface area contributed by atoms with Gasteiger partial charge in [0.05, 0.1) is 13.7 Å². The van der Waals surface area contributed by atoms with Crippen LogP contribution in [0.4, 0.5) is 4.79 Å². The van der Waals surface area contributed by atoms with E-state index in [9.17, 15) is 14.4 Å². The van der Waals surface area contributed by atoms with Crippen LogP contribution < -0.4 is 10.6 Å². The smallest absolute Gasteiger partial charge is 0.322 e. The van der Waals surface area contributed by atoms with E-state index in [0.717, 1.165) is 11.1 Å². The topological polar surface area (TPSA) is 87.7 Å². The Bertz CT molecular complexity index is 1090. The van der Waals surface area contributed by atoms with Crippen molar-refractivity contribution in [3.63, 3.8) is 0 Å². The molecule has 2 aromatic carbocycles. The van der Waals surface area contributed by atoms with Crippen LogP contribution in [0.3, 0.4) is 0 Å². The van der Waals surface area contributed by atoms with Crippen molar-refractivity contribution >= 4 is 18.3 Å². The number of allylic oxidation sites excluding steroid dienone is 2. The maximum Gasteiger partial charge on any atom is 0.322 e. The number of nitrogens with one attached hydrogen (secondary N) is 2. The number of carbonyl (C=O) groups excluding carboxylic acids is 3. The van der Waals surface area contributed by atoms with Crippen LogP contribution in [-0.4, -0.2) is 43.4 Å². The second-order valence-corrected chi connectivity index (χ2v) is 7.68. The summed E-state index contributed by atoms with van der Waals surface area (Å²) in [6.45, 7) is 5.94. The number of nitrogens with zero attached hydrogens (tertiary/aromatic N) is 1. The summed E-state index contributed by atoms with van der Waals surface area (Å²) in [5.74, 6) is 0.0749. The fourth-order valence-corrected chi connectivity index (χ4v) is 3.76. The van der Waals surface area contributed by atoms with E-state index in [1.807, 2.05) is 55.5 Å². The first kappa shape index (κ1) is 23.5. The molecule has 7 nitrogen and oxygen atoms in total. The molecule has 1 aliphatic heterocycles. The van der Waals surface area contributed by atoms with E-state index in [-0.39, 0.29) is 13.1 Å². The number of hydrogen-bond acceptors (Lipinski definition) is 4. The minimum absolute atomic E-state index is 0.0580. The van der Waals surface area contributed by atoms with Gasteiger partial charge in [0.2, 0.25) is 6.41 Å². The molecule has 1 fully saturated rings. The molecule has 33 heavy (non-hydrogen) atoms. The first-order valence-corrected chi connectivity index (χ1v) is 10.5. The SMILES string of the molecule is C=C(/C=C(\C=C/C)OC)CN(C=O)CC1(c2ccc(-c3ccccc3)cc2)NC(=O)NC1=O. The molecule has 1 saturated heterocycles. The van der Waals surface area contributed by atoms with Crippen LogP contribution in [0.2, 0.25) is 0 Å². The van der Waals surface area contributed by atoms with Gasteiger partial charge in [-0.1, -0.05) is 67.3 Å². The second-order valence-electron chi connectivity index (χ2n) is 7.68. The molecule has 1 atom stereocenters. The largest absolute Gasteiger partial charge is 0.497 e. The number of hydrogen-bond donors (Lipinski definition) is 2. The molecule has 0 aliphatic carbocycles. The first-order chi connectivity index (χ1) is 15.9. The summed E-state index contributed by atoms with van der Waals surface area (Å²) in [6, 6.07) is 16.6. The Balaban J connectivity index is 1.88. The van der Waals surface area contributed by atoms with Crippen LogP contribution in [0.25, 0.3) is 11.1 Å². The van der Waals surface area contributed by atoms with E-state index < -0.39 is 17.5 Å². The van der Waals surface area contributed by atoms with Gasteiger partial charge in [-0.15, -0.1) is 0 Å². The van der Waals surface area contributed by atoms with Crippen LogP contribution >= 0.6 is 0 Å². The fourth-order valence-electron chi connectivity index (χ4n) is 3.76. The molecule has 0 spiro atoms. The molecule has 2 N–H and O–H groups in total. The van der Waals surface area contributed by atoms with Crippen molar-refractivity contribution in [3.05, 3.63) is 96.3 Å². The molecule has 0 saturated carbocycles. The summed E-state index contributed by atoms with van der Waals surface area (Å²) in [7, 11) is 1.54. The summed E-state index contributed by atoms with van der Waals surface area (Å²) in [4.78, 5) is 38.3. The van der Waals surface area contributed by atoms with Gasteiger partial charge in [-0.2, -0.15) is 0 Å². The van der Waals surface area contributed by atoms with Gasteiger partial charge in [0, 0.05) is 6.54 Å². The quantitative estimate of drug-likeness (QED) is 0.254. The van der Waals surface area contributed by atoms with Crippen LogP contribution in [0.5, 0.6) is 0 Å². The van der Waals surface area contributed by atoms with Gasteiger partial charge in [0.15, 0.2) is 5.54 Å². The highest BCUT2D eigenvalue weighted by Crippen LogP contribution is 2.29. The number of carbonyl (C=O) groups is 3. The predicted octanol–water partition coefficient (Wildman–Crippen LogP) is 3.51. The lowest BCUT2D eigenvalue weighted by Gasteiger charge is -2.31. The van der Waals surface area contributed by atoms with E-state index in [1.54, 1.807) is 31.4 Å². The highest BCUT2D eigenvalue weighted by molar-refractivity contribution is 6.07. The summed E-state index contributed by atoms with van der Waals surface area (Å²) in [5.41, 5.74) is 1.78. The monoisotopic (exact) mass is 445 g/mol. The van der Waals surface area contributed by atoms with Crippen molar-refractivity contribution < 1.29 is 19.1 Å². The fraction of sp³-hybridized carbons (Fsp3) is 0.192. The third-order valence-electron chi connectivity index (χ3n) is 5.33. The Kier molecular flexibility index (Phi) is 7.46. The van der Waals surface area contributed by atoms with Gasteiger partial charge in [0.1, 0.15) is 5.76 Å². The van der Waals surface area contributed by atoms with Crippen molar-refractivity contribution in [2.24, 2.45) is 0 Å². The molecule has 170 valence electrons. The van der Waals surface area contributed by atoms with E-state index in [0.29, 0.717) is 23.3 Å². The van der Waals surface area contributed by atoms with Crippen molar-refractivity contribution in [2.45, 2.75) is 12.5 Å². The number of ether oxygens (including phenoxy) is 1. The first-order valence-electron chi connectivity index (χ1n) is 10.5. The number of amides is 4. The van der Waals surface area contributed by atoms with Crippen LogP contribution in [0, 0.1) is 0 Å². The van der Waals surface area contributed by atoms with Gasteiger partial charge in [-0.3, -0.25) is 14.9 Å². The Labute approximate surface area is 193 Å². The van der Waals surface area contributed by atoms with Crippen molar-refractivity contribution in [3.8, 4) is 11.1 Å². The minimum Gasteiger partial charge on any atom is -0.497 e. The van der Waals surface area contributed by atoms with Gasteiger partial charge >= 0.3 is 6.03 Å². The molecule has 1 unspecified atom stereocenters. The van der Waals surface area contributed by atoms with Gasteiger partial charge < -0.3 is 15.0 Å². The highest BCUT2D eigenvalue weighted by atomic mass is 16.5. The highest BCUT2D eigenvalue weighted by Gasteiger charge is 2.48.